The van der Waals surface area contributed by atoms with Crippen LogP contribution in [0.3, 0.4) is 0 Å². The van der Waals surface area contributed by atoms with Crippen LogP contribution >= 0.6 is 23.2 Å². The number of halogens is 2. The van der Waals surface area contributed by atoms with E-state index in [2.05, 4.69) is 5.32 Å². The van der Waals surface area contributed by atoms with E-state index in [1.807, 2.05) is 0 Å². The molecule has 0 heterocycles. The number of ether oxygens (including phenoxy) is 2. The summed E-state index contributed by atoms with van der Waals surface area (Å²) in [5, 5.41) is 3.07. The Bertz CT molecular complexity index is 840. The van der Waals surface area contributed by atoms with Crippen LogP contribution in [0, 0.1) is 0 Å². The standard InChI is InChI=1S/C20H19Cl2NO4/c1-26-17-7-6-13(10-18(17)27-14-4-2-3-5-14)20(25)23-19-15(21)8-12(11-24)9-16(19)22/h6-11,14H,2-5H2,1H3,(H,23,25). The van der Waals surface area contributed by atoms with Gasteiger partial charge in [0.15, 0.2) is 11.5 Å². The molecule has 2 aromatic carbocycles. The fourth-order valence-electron chi connectivity index (χ4n) is 3.06. The maximum Gasteiger partial charge on any atom is 0.255 e. The number of carbonyl (C=O) groups is 2. The average Bonchev–Trinajstić information content (AvgIpc) is 3.17. The third kappa shape index (κ3) is 4.54. The number of aldehydes is 1. The Kier molecular flexibility index (Phi) is 6.24. The molecule has 0 atom stereocenters. The van der Waals surface area contributed by atoms with E-state index in [4.69, 9.17) is 32.7 Å². The Morgan fingerprint density at radius 2 is 1.78 bits per heavy atom. The van der Waals surface area contributed by atoms with Gasteiger partial charge in [0.25, 0.3) is 5.91 Å². The van der Waals surface area contributed by atoms with E-state index in [0.29, 0.717) is 28.9 Å². The van der Waals surface area contributed by atoms with Crippen molar-refractivity contribution in [3.05, 3.63) is 51.5 Å². The van der Waals surface area contributed by atoms with Crippen molar-refractivity contribution in [2.75, 3.05) is 12.4 Å². The number of amides is 1. The van der Waals surface area contributed by atoms with Crippen LogP contribution in [0.4, 0.5) is 5.69 Å². The molecular formula is C20H19Cl2NO4. The summed E-state index contributed by atoms with van der Waals surface area (Å²) in [6.07, 6.45) is 5.04. The summed E-state index contributed by atoms with van der Waals surface area (Å²) in [7, 11) is 1.56. The number of nitrogens with one attached hydrogen (secondary N) is 1. The molecular weight excluding hydrogens is 389 g/mol. The first-order valence-corrected chi connectivity index (χ1v) is 9.37. The Hall–Kier alpha value is -2.24. The van der Waals surface area contributed by atoms with Crippen molar-refractivity contribution >= 4 is 41.1 Å². The van der Waals surface area contributed by atoms with E-state index < -0.39 is 5.91 Å². The topological polar surface area (TPSA) is 64.6 Å². The second-order valence-electron chi connectivity index (χ2n) is 6.32. The van der Waals surface area contributed by atoms with Crippen LogP contribution in [-0.2, 0) is 0 Å². The van der Waals surface area contributed by atoms with E-state index in [1.165, 1.54) is 12.1 Å². The SMILES string of the molecule is COc1ccc(C(=O)Nc2c(Cl)cc(C=O)cc2Cl)cc1OC1CCCC1. The van der Waals surface area contributed by atoms with Crippen molar-refractivity contribution in [3.63, 3.8) is 0 Å². The van der Waals surface area contributed by atoms with Crippen LogP contribution in [0.1, 0.15) is 46.4 Å². The smallest absolute Gasteiger partial charge is 0.255 e. The molecule has 0 bridgehead atoms. The van der Waals surface area contributed by atoms with Crippen molar-refractivity contribution in [2.24, 2.45) is 0 Å². The molecule has 2 aromatic rings. The lowest BCUT2D eigenvalue weighted by molar-refractivity contribution is 0.102. The van der Waals surface area contributed by atoms with Gasteiger partial charge in [-0.25, -0.2) is 0 Å². The van der Waals surface area contributed by atoms with Gasteiger partial charge in [0.2, 0.25) is 0 Å². The van der Waals surface area contributed by atoms with E-state index in [1.54, 1.807) is 25.3 Å². The quantitative estimate of drug-likeness (QED) is 0.651. The highest BCUT2D eigenvalue weighted by Crippen LogP contribution is 2.34. The molecule has 142 valence electrons. The number of rotatable bonds is 6. The number of hydrogen-bond acceptors (Lipinski definition) is 4. The maximum atomic E-state index is 12.7. The number of methoxy groups -OCH3 is 1. The van der Waals surface area contributed by atoms with E-state index in [0.717, 1.165) is 25.7 Å². The third-order valence-corrected chi connectivity index (χ3v) is 5.06. The first-order valence-electron chi connectivity index (χ1n) is 8.62. The van der Waals surface area contributed by atoms with Gasteiger partial charge < -0.3 is 14.8 Å². The van der Waals surface area contributed by atoms with Gasteiger partial charge >= 0.3 is 0 Å². The Labute approximate surface area is 167 Å². The zero-order valence-electron chi connectivity index (χ0n) is 14.8. The molecule has 1 aliphatic carbocycles. The van der Waals surface area contributed by atoms with Gasteiger partial charge in [-0.2, -0.15) is 0 Å². The molecule has 7 heteroatoms. The lowest BCUT2D eigenvalue weighted by Gasteiger charge is -2.17. The van der Waals surface area contributed by atoms with E-state index in [9.17, 15) is 9.59 Å². The van der Waals surface area contributed by atoms with Crippen molar-refractivity contribution in [3.8, 4) is 11.5 Å². The third-order valence-electron chi connectivity index (χ3n) is 4.46. The van der Waals surface area contributed by atoms with Gasteiger partial charge in [-0.05, 0) is 56.0 Å². The Morgan fingerprint density at radius 3 is 2.37 bits per heavy atom. The minimum atomic E-state index is -0.392. The highest BCUT2D eigenvalue weighted by molar-refractivity contribution is 6.40. The second-order valence-corrected chi connectivity index (χ2v) is 7.14. The predicted octanol–water partition coefficient (Wildman–Crippen LogP) is 5.39. The summed E-state index contributed by atoms with van der Waals surface area (Å²) >= 11 is 12.3. The zero-order valence-corrected chi connectivity index (χ0v) is 16.3. The van der Waals surface area contributed by atoms with E-state index >= 15 is 0 Å². The highest BCUT2D eigenvalue weighted by Gasteiger charge is 2.20. The minimum Gasteiger partial charge on any atom is -0.493 e. The summed E-state index contributed by atoms with van der Waals surface area (Å²) < 4.78 is 11.4. The molecule has 0 aromatic heterocycles. The summed E-state index contributed by atoms with van der Waals surface area (Å²) in [5.41, 5.74) is 0.970. The summed E-state index contributed by atoms with van der Waals surface area (Å²) in [6.45, 7) is 0. The van der Waals surface area contributed by atoms with Crippen molar-refractivity contribution in [2.45, 2.75) is 31.8 Å². The lowest BCUT2D eigenvalue weighted by atomic mass is 10.1. The van der Waals surface area contributed by atoms with Gasteiger partial charge in [0.1, 0.15) is 6.29 Å². The monoisotopic (exact) mass is 407 g/mol. The molecule has 1 aliphatic rings. The predicted molar refractivity (Wildman–Crippen MR) is 106 cm³/mol. The van der Waals surface area contributed by atoms with Gasteiger partial charge in [-0.15, -0.1) is 0 Å². The molecule has 0 saturated heterocycles. The molecule has 27 heavy (non-hydrogen) atoms. The van der Waals surface area contributed by atoms with Crippen molar-refractivity contribution < 1.29 is 19.1 Å². The minimum absolute atomic E-state index is 0.136. The molecule has 1 amide bonds. The molecule has 1 N–H and O–H groups in total. The molecule has 1 saturated carbocycles. The van der Waals surface area contributed by atoms with Crippen LogP contribution in [0.5, 0.6) is 11.5 Å². The molecule has 0 spiro atoms. The Balaban J connectivity index is 1.83. The highest BCUT2D eigenvalue weighted by atomic mass is 35.5. The molecule has 3 rings (SSSR count). The molecule has 0 radical (unpaired) electrons. The first-order chi connectivity index (χ1) is 13.0. The summed E-state index contributed by atoms with van der Waals surface area (Å²) in [5.74, 6) is 0.715. The van der Waals surface area contributed by atoms with Gasteiger partial charge in [0.05, 0.1) is 28.9 Å². The second kappa shape index (κ2) is 8.63. The zero-order chi connectivity index (χ0) is 19.4. The van der Waals surface area contributed by atoms with Gasteiger partial charge in [-0.1, -0.05) is 23.2 Å². The molecule has 1 fully saturated rings. The number of benzene rings is 2. The number of hydrogen-bond donors (Lipinski definition) is 1. The summed E-state index contributed by atoms with van der Waals surface area (Å²) in [6, 6.07) is 7.86. The molecule has 0 unspecified atom stereocenters. The normalized spacial score (nSPS) is 14.0. The van der Waals surface area contributed by atoms with Crippen LogP contribution < -0.4 is 14.8 Å². The number of anilines is 1. The average molecular weight is 408 g/mol. The van der Waals surface area contributed by atoms with Crippen LogP contribution in [0.25, 0.3) is 0 Å². The largest absolute Gasteiger partial charge is 0.493 e. The van der Waals surface area contributed by atoms with Crippen molar-refractivity contribution in [1.82, 2.24) is 0 Å². The Morgan fingerprint density at radius 1 is 1.11 bits per heavy atom. The lowest BCUT2D eigenvalue weighted by Crippen LogP contribution is -2.15. The van der Waals surface area contributed by atoms with Gasteiger partial charge in [0, 0.05) is 11.1 Å². The molecule has 5 nitrogen and oxygen atoms in total. The van der Waals surface area contributed by atoms with Crippen LogP contribution in [0.2, 0.25) is 10.0 Å². The maximum absolute atomic E-state index is 12.7. The number of carbonyl (C=O) groups excluding carboxylic acids is 2. The van der Waals surface area contributed by atoms with Crippen LogP contribution in [-0.4, -0.2) is 25.4 Å². The fourth-order valence-corrected chi connectivity index (χ4v) is 3.66. The molecule has 0 aliphatic heterocycles. The van der Waals surface area contributed by atoms with Crippen LogP contribution in [0.15, 0.2) is 30.3 Å². The van der Waals surface area contributed by atoms with E-state index in [-0.39, 0.29) is 21.8 Å². The van der Waals surface area contributed by atoms with Crippen molar-refractivity contribution in [1.29, 1.82) is 0 Å². The van der Waals surface area contributed by atoms with Gasteiger partial charge in [-0.3, -0.25) is 9.59 Å². The summed E-state index contributed by atoms with van der Waals surface area (Å²) in [4.78, 5) is 23.5. The fraction of sp³-hybridized carbons (Fsp3) is 0.300. The first kappa shape index (κ1) is 19.5.